The van der Waals surface area contributed by atoms with E-state index in [1.54, 1.807) is 0 Å². The molecule has 0 aromatic carbocycles. The summed E-state index contributed by atoms with van der Waals surface area (Å²) in [6.07, 6.45) is 43.2. The minimum Gasteiger partial charge on any atom is -0.463 e. The maximum absolute atomic E-state index is 12.1. The average Bonchev–Trinajstić information content (AvgIpc) is 3.13. The van der Waals surface area contributed by atoms with Gasteiger partial charge in [0.2, 0.25) is 5.91 Å². The maximum Gasteiger partial charge on any atom is 0.472 e. The molecule has 0 fully saturated rings. The molecule has 0 radical (unpaired) electrons. The molecule has 302 valence electrons. The number of allylic oxidation sites excluding steroid dienone is 8. The van der Waals surface area contributed by atoms with Gasteiger partial charge in [-0.1, -0.05) is 133 Å². The molecule has 0 aromatic rings. The second-order valence-corrected chi connectivity index (χ2v) is 15.1. The predicted octanol–water partition coefficient (Wildman–Crippen LogP) is 11.2. The summed E-state index contributed by atoms with van der Waals surface area (Å²) in [6, 6.07) is 0. The summed E-state index contributed by atoms with van der Waals surface area (Å²) in [4.78, 5) is 33.8. The number of aliphatic hydroxyl groups is 1. The lowest BCUT2D eigenvalue weighted by molar-refractivity contribution is -0.147. The van der Waals surface area contributed by atoms with Gasteiger partial charge in [0.15, 0.2) is 0 Å². The van der Waals surface area contributed by atoms with Crippen molar-refractivity contribution in [3.63, 3.8) is 0 Å². The topological polar surface area (TPSA) is 131 Å². The van der Waals surface area contributed by atoms with Crippen molar-refractivity contribution >= 4 is 19.7 Å². The van der Waals surface area contributed by atoms with E-state index >= 15 is 0 Å². The van der Waals surface area contributed by atoms with Crippen LogP contribution in [-0.4, -0.2) is 54.3 Å². The third-order valence-electron chi connectivity index (χ3n) is 8.48. The van der Waals surface area contributed by atoms with Gasteiger partial charge in [-0.05, 0) is 77.0 Å². The third-order valence-corrected chi connectivity index (χ3v) is 9.47. The highest BCUT2D eigenvalue weighted by Crippen LogP contribution is 2.42. The monoisotopic (exact) mass is 754 g/mol. The van der Waals surface area contributed by atoms with E-state index in [2.05, 4.69) is 67.8 Å². The molecule has 0 spiro atoms. The van der Waals surface area contributed by atoms with E-state index in [0.29, 0.717) is 6.42 Å². The smallest absolute Gasteiger partial charge is 0.463 e. The standard InChI is InChI=1S/C42H76NO8P/c1-3-5-7-9-11-13-15-17-19-21-23-25-27-29-31-33-35-42(46)49-38-40(44)39-51-52(47,48)50-37-36-43-41(45)34-32-30-28-26-24-22-20-18-16-14-12-10-8-6-4-2/h12-15,18-21,40,44H,3-11,16-17,22-39H2,1-2H3,(H,43,45)(H,47,48)/b14-12-,15-13-,20-18-,21-19-. The number of hydrogen-bond donors (Lipinski definition) is 3. The minimum absolute atomic E-state index is 0.0708. The summed E-state index contributed by atoms with van der Waals surface area (Å²) >= 11 is 0. The Kier molecular flexibility index (Phi) is 37.2. The number of esters is 1. The maximum atomic E-state index is 12.1. The molecule has 52 heavy (non-hydrogen) atoms. The van der Waals surface area contributed by atoms with Crippen molar-refractivity contribution in [2.24, 2.45) is 0 Å². The number of aliphatic hydroxyl groups excluding tert-OH is 1. The molecular weight excluding hydrogens is 677 g/mol. The van der Waals surface area contributed by atoms with E-state index < -0.39 is 26.5 Å². The Morgan fingerprint density at radius 3 is 1.58 bits per heavy atom. The zero-order valence-electron chi connectivity index (χ0n) is 33.0. The first kappa shape index (κ1) is 50.0. The summed E-state index contributed by atoms with van der Waals surface area (Å²) in [7, 11) is -4.42. The number of phosphoric ester groups is 1. The summed E-state index contributed by atoms with van der Waals surface area (Å²) in [5, 5.41) is 12.7. The molecule has 0 saturated heterocycles. The van der Waals surface area contributed by atoms with Crippen molar-refractivity contribution in [3.8, 4) is 0 Å². The number of hydrogen-bond acceptors (Lipinski definition) is 7. The van der Waals surface area contributed by atoms with Crippen LogP contribution in [0.1, 0.15) is 174 Å². The normalized spacial score (nSPS) is 13.8. The molecule has 1 amide bonds. The first-order valence-electron chi connectivity index (χ1n) is 20.6. The van der Waals surface area contributed by atoms with Gasteiger partial charge < -0.3 is 20.1 Å². The third kappa shape index (κ3) is 39.2. The molecule has 0 aliphatic rings. The van der Waals surface area contributed by atoms with Crippen LogP contribution in [0.4, 0.5) is 0 Å². The first-order valence-corrected chi connectivity index (χ1v) is 22.1. The van der Waals surface area contributed by atoms with Gasteiger partial charge in [-0.25, -0.2) is 4.57 Å². The molecule has 3 N–H and O–H groups in total. The predicted molar refractivity (Wildman–Crippen MR) is 215 cm³/mol. The molecule has 0 aliphatic heterocycles. The van der Waals surface area contributed by atoms with Gasteiger partial charge in [0.05, 0.1) is 13.2 Å². The molecule has 0 aliphatic carbocycles. The second kappa shape index (κ2) is 38.7. The van der Waals surface area contributed by atoms with Gasteiger partial charge >= 0.3 is 13.8 Å². The Balaban J connectivity index is 3.66. The van der Waals surface area contributed by atoms with Gasteiger partial charge in [0.25, 0.3) is 0 Å². The number of ether oxygens (including phenoxy) is 1. The van der Waals surface area contributed by atoms with Crippen LogP contribution in [0.2, 0.25) is 0 Å². The Morgan fingerprint density at radius 1 is 0.596 bits per heavy atom. The number of nitrogens with one attached hydrogen (secondary N) is 1. The van der Waals surface area contributed by atoms with Crippen LogP contribution in [0.5, 0.6) is 0 Å². The van der Waals surface area contributed by atoms with Crippen LogP contribution in [-0.2, 0) is 27.9 Å². The molecule has 0 bridgehead atoms. The quantitative estimate of drug-likeness (QED) is 0.0246. The number of carbonyl (C=O) groups excluding carboxylic acids is 2. The number of amides is 1. The van der Waals surface area contributed by atoms with E-state index in [4.69, 9.17) is 13.8 Å². The summed E-state index contributed by atoms with van der Waals surface area (Å²) in [5.41, 5.74) is 0. The minimum atomic E-state index is -4.42. The zero-order valence-corrected chi connectivity index (χ0v) is 33.9. The molecule has 9 nitrogen and oxygen atoms in total. The SMILES string of the molecule is CCCCC/C=C\C/C=C\CCCCCCCC(=O)NCCOP(=O)(O)OCC(O)COC(=O)CCCCCCC/C=C\C/C=C\CCCCCC. The fourth-order valence-electron chi connectivity index (χ4n) is 5.32. The van der Waals surface area contributed by atoms with E-state index in [0.717, 1.165) is 89.9 Å². The van der Waals surface area contributed by atoms with Crippen LogP contribution in [0.3, 0.4) is 0 Å². The van der Waals surface area contributed by atoms with Gasteiger partial charge in [-0.15, -0.1) is 0 Å². The summed E-state index contributed by atoms with van der Waals surface area (Å²) in [6.45, 7) is 3.46. The van der Waals surface area contributed by atoms with Crippen LogP contribution in [0, 0.1) is 0 Å². The number of rotatable bonds is 38. The summed E-state index contributed by atoms with van der Waals surface area (Å²) in [5.74, 6) is -0.547. The lowest BCUT2D eigenvalue weighted by Crippen LogP contribution is -2.27. The van der Waals surface area contributed by atoms with Crippen LogP contribution in [0.25, 0.3) is 0 Å². The number of phosphoric acid groups is 1. The largest absolute Gasteiger partial charge is 0.472 e. The van der Waals surface area contributed by atoms with Gasteiger partial charge in [0, 0.05) is 19.4 Å². The lowest BCUT2D eigenvalue weighted by atomic mass is 10.1. The molecule has 0 aromatic heterocycles. The summed E-state index contributed by atoms with van der Waals surface area (Å²) < 4.78 is 26.8. The van der Waals surface area contributed by atoms with Gasteiger partial charge in [-0.2, -0.15) is 0 Å². The number of unbranched alkanes of at least 4 members (excludes halogenated alkanes) is 17. The van der Waals surface area contributed by atoms with Crippen molar-refractivity contribution in [2.45, 2.75) is 180 Å². The Hall–Kier alpha value is -2.03. The van der Waals surface area contributed by atoms with Crippen molar-refractivity contribution in [1.82, 2.24) is 5.32 Å². The first-order chi connectivity index (χ1) is 25.3. The van der Waals surface area contributed by atoms with E-state index in [-0.39, 0.29) is 32.1 Å². The highest BCUT2D eigenvalue weighted by molar-refractivity contribution is 7.47. The van der Waals surface area contributed by atoms with E-state index in [1.165, 1.54) is 57.8 Å². The molecule has 2 atom stereocenters. The molecule has 10 heteroatoms. The van der Waals surface area contributed by atoms with E-state index in [9.17, 15) is 24.2 Å². The van der Waals surface area contributed by atoms with Gasteiger partial charge in [-0.3, -0.25) is 18.6 Å². The van der Waals surface area contributed by atoms with Crippen molar-refractivity contribution in [3.05, 3.63) is 48.6 Å². The Bertz CT molecular complexity index is 996. The Morgan fingerprint density at radius 2 is 1.04 bits per heavy atom. The van der Waals surface area contributed by atoms with Crippen molar-refractivity contribution in [1.29, 1.82) is 0 Å². The fraction of sp³-hybridized carbons (Fsp3) is 0.762. The molecule has 2 unspecified atom stereocenters. The average molecular weight is 754 g/mol. The zero-order chi connectivity index (χ0) is 38.2. The fourth-order valence-corrected chi connectivity index (χ4v) is 6.08. The Labute approximate surface area is 317 Å². The highest BCUT2D eigenvalue weighted by Gasteiger charge is 2.23. The van der Waals surface area contributed by atoms with Crippen molar-refractivity contribution in [2.75, 3.05) is 26.4 Å². The van der Waals surface area contributed by atoms with Crippen LogP contribution in [0.15, 0.2) is 48.6 Å². The molecule has 0 heterocycles. The second-order valence-electron chi connectivity index (χ2n) is 13.6. The lowest BCUT2D eigenvalue weighted by Gasteiger charge is -2.15. The highest BCUT2D eigenvalue weighted by atomic mass is 31.2. The molecule has 0 rings (SSSR count). The van der Waals surface area contributed by atoms with Crippen LogP contribution < -0.4 is 5.32 Å². The van der Waals surface area contributed by atoms with Gasteiger partial charge in [0.1, 0.15) is 12.7 Å². The molecule has 0 saturated carbocycles. The number of carbonyl (C=O) groups is 2. The van der Waals surface area contributed by atoms with Crippen LogP contribution >= 0.6 is 7.82 Å². The van der Waals surface area contributed by atoms with Crippen molar-refractivity contribution < 1.29 is 37.9 Å². The molecular formula is C42H76NO8P. The van der Waals surface area contributed by atoms with E-state index in [1.807, 2.05) is 0 Å².